The van der Waals surface area contributed by atoms with Crippen molar-refractivity contribution in [2.75, 3.05) is 7.11 Å². The lowest BCUT2D eigenvalue weighted by Gasteiger charge is -2.26. The number of methoxy groups -OCH3 is 1. The number of rotatable bonds is 5. The summed E-state index contributed by atoms with van der Waals surface area (Å²) in [7, 11) is 1.73. The van der Waals surface area contributed by atoms with Crippen LogP contribution in [-0.2, 0) is 4.74 Å². The van der Waals surface area contributed by atoms with Crippen molar-refractivity contribution in [1.82, 2.24) is 0 Å². The molecule has 2 atom stereocenters. The summed E-state index contributed by atoms with van der Waals surface area (Å²) in [5.41, 5.74) is 5.97. The van der Waals surface area contributed by atoms with Crippen LogP contribution < -0.4 is 5.73 Å². The van der Waals surface area contributed by atoms with Gasteiger partial charge in [0.2, 0.25) is 0 Å². The van der Waals surface area contributed by atoms with Crippen molar-refractivity contribution < 1.29 is 4.74 Å². The Balaban J connectivity index is 3.70. The molecule has 0 heterocycles. The Labute approximate surface area is 70.1 Å². The summed E-state index contributed by atoms with van der Waals surface area (Å²) in [4.78, 5) is 0. The lowest BCUT2D eigenvalue weighted by atomic mass is 9.91. The second-order valence-electron chi connectivity index (χ2n) is 3.65. The lowest BCUT2D eigenvalue weighted by Crippen LogP contribution is -2.39. The van der Waals surface area contributed by atoms with Gasteiger partial charge in [-0.1, -0.05) is 13.3 Å². The van der Waals surface area contributed by atoms with Crippen molar-refractivity contribution in [2.24, 2.45) is 5.73 Å². The van der Waals surface area contributed by atoms with Crippen LogP contribution in [0.3, 0.4) is 0 Å². The molecular weight excluding hydrogens is 138 g/mol. The molecule has 0 aliphatic carbocycles. The van der Waals surface area contributed by atoms with E-state index in [0.29, 0.717) is 0 Å². The third-order valence-electron chi connectivity index (χ3n) is 1.98. The first kappa shape index (κ1) is 10.9. The molecule has 2 unspecified atom stereocenters. The molecule has 0 fully saturated rings. The molecule has 0 aromatic heterocycles. The predicted octanol–water partition coefficient (Wildman–Crippen LogP) is 1.93. The minimum atomic E-state index is -0.0514. The maximum atomic E-state index is 6.02. The molecule has 68 valence electrons. The molecule has 0 rings (SSSR count). The van der Waals surface area contributed by atoms with Gasteiger partial charge in [-0.05, 0) is 26.7 Å². The van der Waals surface area contributed by atoms with Crippen LogP contribution in [0.25, 0.3) is 0 Å². The molecule has 0 bridgehead atoms. The van der Waals surface area contributed by atoms with E-state index in [1.54, 1.807) is 7.11 Å². The molecule has 0 amide bonds. The monoisotopic (exact) mass is 159 g/mol. The number of hydrogen-bond acceptors (Lipinski definition) is 2. The Morgan fingerprint density at radius 1 is 1.55 bits per heavy atom. The van der Waals surface area contributed by atoms with Crippen LogP contribution in [0.4, 0.5) is 0 Å². The van der Waals surface area contributed by atoms with Gasteiger partial charge in [0.15, 0.2) is 0 Å². The highest BCUT2D eigenvalue weighted by Gasteiger charge is 2.19. The smallest absolute Gasteiger partial charge is 0.0560 e. The van der Waals surface area contributed by atoms with Crippen molar-refractivity contribution in [3.05, 3.63) is 0 Å². The standard InChI is InChI=1S/C9H21NO/c1-5-6-9(3,10)7-8(2)11-4/h8H,5-7,10H2,1-4H3. The zero-order valence-electron chi connectivity index (χ0n) is 8.18. The zero-order chi connectivity index (χ0) is 8.91. The first-order chi connectivity index (χ1) is 5.02. The predicted molar refractivity (Wildman–Crippen MR) is 48.6 cm³/mol. The van der Waals surface area contributed by atoms with Crippen LogP contribution in [0.1, 0.15) is 40.0 Å². The maximum absolute atomic E-state index is 6.02. The fraction of sp³-hybridized carbons (Fsp3) is 1.00. The summed E-state index contributed by atoms with van der Waals surface area (Å²) in [6.45, 7) is 6.30. The Bertz CT molecular complexity index is 102. The van der Waals surface area contributed by atoms with Gasteiger partial charge in [0.1, 0.15) is 0 Å². The Hall–Kier alpha value is -0.0800. The second-order valence-corrected chi connectivity index (χ2v) is 3.65. The summed E-state index contributed by atoms with van der Waals surface area (Å²) in [6.07, 6.45) is 3.43. The van der Waals surface area contributed by atoms with Gasteiger partial charge in [-0.15, -0.1) is 0 Å². The zero-order valence-corrected chi connectivity index (χ0v) is 8.18. The molecule has 2 N–H and O–H groups in total. The van der Waals surface area contributed by atoms with Gasteiger partial charge in [-0.25, -0.2) is 0 Å². The van der Waals surface area contributed by atoms with Crippen LogP contribution in [0.15, 0.2) is 0 Å². The minimum absolute atomic E-state index is 0.0514. The molecule has 0 aliphatic rings. The summed E-state index contributed by atoms with van der Waals surface area (Å²) in [6, 6.07) is 0. The fourth-order valence-electron chi connectivity index (χ4n) is 1.41. The highest BCUT2D eigenvalue weighted by atomic mass is 16.5. The van der Waals surface area contributed by atoms with Crippen molar-refractivity contribution in [3.63, 3.8) is 0 Å². The van der Waals surface area contributed by atoms with Crippen molar-refractivity contribution in [2.45, 2.75) is 51.7 Å². The number of hydrogen-bond donors (Lipinski definition) is 1. The summed E-state index contributed by atoms with van der Waals surface area (Å²) in [5, 5.41) is 0. The maximum Gasteiger partial charge on any atom is 0.0560 e. The SMILES string of the molecule is CCCC(C)(N)CC(C)OC. The molecule has 0 aromatic carbocycles. The van der Waals surface area contributed by atoms with E-state index in [-0.39, 0.29) is 11.6 Å². The molecule has 0 saturated carbocycles. The third kappa shape index (κ3) is 5.22. The van der Waals surface area contributed by atoms with Crippen molar-refractivity contribution in [1.29, 1.82) is 0 Å². The topological polar surface area (TPSA) is 35.2 Å². The molecule has 2 heteroatoms. The Morgan fingerprint density at radius 2 is 2.09 bits per heavy atom. The molecule has 0 radical (unpaired) electrons. The number of nitrogens with two attached hydrogens (primary N) is 1. The van der Waals surface area contributed by atoms with Gasteiger partial charge in [0, 0.05) is 12.6 Å². The molecule has 11 heavy (non-hydrogen) atoms. The first-order valence-electron chi connectivity index (χ1n) is 4.33. The third-order valence-corrected chi connectivity index (χ3v) is 1.98. The highest BCUT2D eigenvalue weighted by Crippen LogP contribution is 2.16. The van der Waals surface area contributed by atoms with E-state index in [9.17, 15) is 0 Å². The Kier molecular flexibility index (Phi) is 4.69. The molecule has 0 aromatic rings. The number of ether oxygens (including phenoxy) is 1. The van der Waals surface area contributed by atoms with E-state index in [1.807, 2.05) is 0 Å². The van der Waals surface area contributed by atoms with Crippen LogP contribution in [0.2, 0.25) is 0 Å². The van der Waals surface area contributed by atoms with Gasteiger partial charge in [-0.3, -0.25) is 0 Å². The molecule has 0 spiro atoms. The second kappa shape index (κ2) is 4.73. The van der Waals surface area contributed by atoms with Gasteiger partial charge >= 0.3 is 0 Å². The summed E-state index contributed by atoms with van der Waals surface area (Å²) in [5.74, 6) is 0. The average molecular weight is 159 g/mol. The van der Waals surface area contributed by atoms with Gasteiger partial charge in [0.25, 0.3) is 0 Å². The average Bonchev–Trinajstić information content (AvgIpc) is 1.86. The van der Waals surface area contributed by atoms with Gasteiger partial charge < -0.3 is 10.5 Å². The molecular formula is C9H21NO. The van der Waals surface area contributed by atoms with E-state index in [1.165, 1.54) is 0 Å². The molecule has 0 aliphatic heterocycles. The van der Waals surface area contributed by atoms with Crippen LogP contribution in [0.5, 0.6) is 0 Å². The molecule has 0 saturated heterocycles. The van der Waals surface area contributed by atoms with E-state index in [2.05, 4.69) is 20.8 Å². The fourth-order valence-corrected chi connectivity index (χ4v) is 1.41. The van der Waals surface area contributed by atoms with Crippen LogP contribution >= 0.6 is 0 Å². The van der Waals surface area contributed by atoms with Crippen molar-refractivity contribution >= 4 is 0 Å². The lowest BCUT2D eigenvalue weighted by molar-refractivity contribution is 0.0891. The van der Waals surface area contributed by atoms with E-state index in [0.717, 1.165) is 19.3 Å². The quantitative estimate of drug-likeness (QED) is 0.665. The highest BCUT2D eigenvalue weighted by molar-refractivity contribution is 4.80. The largest absolute Gasteiger partial charge is 0.382 e. The molecule has 2 nitrogen and oxygen atoms in total. The van der Waals surface area contributed by atoms with Gasteiger partial charge in [-0.2, -0.15) is 0 Å². The summed E-state index contributed by atoms with van der Waals surface area (Å²) < 4.78 is 5.15. The Morgan fingerprint density at radius 3 is 2.45 bits per heavy atom. The summed E-state index contributed by atoms with van der Waals surface area (Å²) >= 11 is 0. The van der Waals surface area contributed by atoms with Crippen LogP contribution in [0, 0.1) is 0 Å². The van der Waals surface area contributed by atoms with Crippen LogP contribution in [-0.4, -0.2) is 18.8 Å². The first-order valence-corrected chi connectivity index (χ1v) is 4.33. The van der Waals surface area contributed by atoms with E-state index in [4.69, 9.17) is 10.5 Å². The van der Waals surface area contributed by atoms with Crippen molar-refractivity contribution in [3.8, 4) is 0 Å². The van der Waals surface area contributed by atoms with E-state index < -0.39 is 0 Å². The van der Waals surface area contributed by atoms with E-state index >= 15 is 0 Å². The minimum Gasteiger partial charge on any atom is -0.382 e. The normalized spacial score (nSPS) is 19.4. The van der Waals surface area contributed by atoms with Gasteiger partial charge in [0.05, 0.1) is 6.10 Å².